The molecule has 0 bridgehead atoms. The summed E-state index contributed by atoms with van der Waals surface area (Å²) in [4.78, 5) is 0.417. The van der Waals surface area contributed by atoms with E-state index in [1.165, 1.54) is 0 Å². The van der Waals surface area contributed by atoms with E-state index in [0.29, 0.717) is 17.7 Å². The SMILES string of the molecule is Cc1cc(C)c2c(c1)S(=O)(=O)CC(CCCO)N2. The Labute approximate surface area is 108 Å². The molecule has 4 nitrogen and oxygen atoms in total. The summed E-state index contributed by atoms with van der Waals surface area (Å²) in [5.41, 5.74) is 2.66. The number of hydrogen-bond acceptors (Lipinski definition) is 4. The van der Waals surface area contributed by atoms with E-state index in [1.807, 2.05) is 19.9 Å². The molecule has 0 saturated carbocycles. The number of rotatable bonds is 3. The second-order valence-electron chi connectivity index (χ2n) is 4.94. The zero-order valence-corrected chi connectivity index (χ0v) is 11.5. The molecular weight excluding hydrogens is 250 g/mol. The third kappa shape index (κ3) is 2.52. The van der Waals surface area contributed by atoms with Crippen molar-refractivity contribution in [3.63, 3.8) is 0 Å². The molecule has 0 radical (unpaired) electrons. The quantitative estimate of drug-likeness (QED) is 0.875. The second kappa shape index (κ2) is 4.90. The zero-order chi connectivity index (χ0) is 13.3. The summed E-state index contributed by atoms with van der Waals surface area (Å²) in [6.07, 6.45) is 1.29. The number of aliphatic hydroxyl groups is 1. The van der Waals surface area contributed by atoms with Gasteiger partial charge in [-0.2, -0.15) is 0 Å². The van der Waals surface area contributed by atoms with E-state index in [1.54, 1.807) is 6.07 Å². The lowest BCUT2D eigenvalue weighted by Gasteiger charge is -2.28. The van der Waals surface area contributed by atoms with Gasteiger partial charge in [-0.3, -0.25) is 0 Å². The lowest BCUT2D eigenvalue weighted by atomic mass is 10.1. The Hall–Kier alpha value is -1.07. The Morgan fingerprint density at radius 1 is 1.39 bits per heavy atom. The maximum atomic E-state index is 12.2. The molecule has 100 valence electrons. The Balaban J connectivity index is 2.41. The fourth-order valence-electron chi connectivity index (χ4n) is 2.45. The normalized spacial score (nSPS) is 21.2. The van der Waals surface area contributed by atoms with Crippen LogP contribution in [-0.2, 0) is 9.84 Å². The maximum absolute atomic E-state index is 12.2. The smallest absolute Gasteiger partial charge is 0.182 e. The lowest BCUT2D eigenvalue weighted by Crippen LogP contribution is -2.35. The zero-order valence-electron chi connectivity index (χ0n) is 10.7. The molecule has 18 heavy (non-hydrogen) atoms. The number of fused-ring (bicyclic) bond motifs is 1. The van der Waals surface area contributed by atoms with Gasteiger partial charge in [0.15, 0.2) is 9.84 Å². The molecule has 5 heteroatoms. The molecule has 2 rings (SSSR count). The van der Waals surface area contributed by atoms with E-state index in [9.17, 15) is 8.42 Å². The molecule has 1 aromatic carbocycles. The molecule has 0 spiro atoms. The van der Waals surface area contributed by atoms with Crippen LogP contribution in [0, 0.1) is 13.8 Å². The summed E-state index contributed by atoms with van der Waals surface area (Å²) in [6.45, 7) is 3.92. The number of aliphatic hydroxyl groups excluding tert-OH is 1. The van der Waals surface area contributed by atoms with Crippen LogP contribution in [0.5, 0.6) is 0 Å². The number of benzene rings is 1. The monoisotopic (exact) mass is 269 g/mol. The van der Waals surface area contributed by atoms with Crippen LogP contribution in [0.15, 0.2) is 17.0 Å². The molecule has 1 aromatic rings. The highest BCUT2D eigenvalue weighted by molar-refractivity contribution is 7.91. The van der Waals surface area contributed by atoms with Crippen molar-refractivity contribution in [3.8, 4) is 0 Å². The first-order valence-corrected chi connectivity index (χ1v) is 7.80. The largest absolute Gasteiger partial charge is 0.396 e. The number of aryl methyl sites for hydroxylation is 2. The van der Waals surface area contributed by atoms with Crippen LogP contribution in [-0.4, -0.2) is 31.9 Å². The van der Waals surface area contributed by atoms with Crippen molar-refractivity contribution in [2.24, 2.45) is 0 Å². The van der Waals surface area contributed by atoms with E-state index < -0.39 is 9.84 Å². The maximum Gasteiger partial charge on any atom is 0.182 e. The molecule has 0 saturated heterocycles. The van der Waals surface area contributed by atoms with Crippen molar-refractivity contribution in [3.05, 3.63) is 23.3 Å². The van der Waals surface area contributed by atoms with E-state index in [0.717, 1.165) is 16.8 Å². The minimum absolute atomic E-state index is 0.0952. The van der Waals surface area contributed by atoms with Gasteiger partial charge in [0, 0.05) is 12.6 Å². The molecule has 1 heterocycles. The Bertz CT molecular complexity index is 552. The summed E-state index contributed by atoms with van der Waals surface area (Å²) < 4.78 is 24.5. The number of sulfone groups is 1. The number of hydrogen-bond donors (Lipinski definition) is 2. The molecule has 2 N–H and O–H groups in total. The van der Waals surface area contributed by atoms with Gasteiger partial charge in [0.1, 0.15) is 0 Å². The average Bonchev–Trinajstić information content (AvgIpc) is 2.27. The summed E-state index contributed by atoms with van der Waals surface area (Å²) in [5, 5.41) is 12.1. The summed E-state index contributed by atoms with van der Waals surface area (Å²) in [5.74, 6) is 0.114. The van der Waals surface area contributed by atoms with Crippen LogP contribution in [0.3, 0.4) is 0 Å². The second-order valence-corrected chi connectivity index (χ2v) is 6.95. The minimum Gasteiger partial charge on any atom is -0.396 e. The highest BCUT2D eigenvalue weighted by Crippen LogP contribution is 2.33. The van der Waals surface area contributed by atoms with Gasteiger partial charge in [-0.1, -0.05) is 6.07 Å². The van der Waals surface area contributed by atoms with Crippen LogP contribution in [0.1, 0.15) is 24.0 Å². The summed E-state index contributed by atoms with van der Waals surface area (Å²) in [7, 11) is -3.21. The van der Waals surface area contributed by atoms with Gasteiger partial charge >= 0.3 is 0 Å². The molecule has 0 aliphatic carbocycles. The molecule has 1 aliphatic heterocycles. The highest BCUT2D eigenvalue weighted by atomic mass is 32.2. The van der Waals surface area contributed by atoms with Crippen molar-refractivity contribution >= 4 is 15.5 Å². The van der Waals surface area contributed by atoms with E-state index in [4.69, 9.17) is 5.11 Å². The highest BCUT2D eigenvalue weighted by Gasteiger charge is 2.30. The van der Waals surface area contributed by atoms with Gasteiger partial charge in [0.2, 0.25) is 0 Å². The van der Waals surface area contributed by atoms with Gasteiger partial charge in [-0.25, -0.2) is 8.42 Å². The average molecular weight is 269 g/mol. The topological polar surface area (TPSA) is 66.4 Å². The fraction of sp³-hybridized carbons (Fsp3) is 0.538. The van der Waals surface area contributed by atoms with Crippen LogP contribution >= 0.6 is 0 Å². The number of anilines is 1. The molecule has 0 aromatic heterocycles. The first-order chi connectivity index (χ1) is 8.44. The summed E-state index contributed by atoms with van der Waals surface area (Å²) >= 11 is 0. The van der Waals surface area contributed by atoms with Gasteiger partial charge < -0.3 is 10.4 Å². The van der Waals surface area contributed by atoms with E-state index in [2.05, 4.69) is 5.32 Å². The standard InChI is InChI=1S/C13H19NO3S/c1-9-6-10(2)13-12(7-9)18(16,17)8-11(14-13)4-3-5-15/h6-7,11,14-15H,3-5,8H2,1-2H3. The minimum atomic E-state index is -3.21. The van der Waals surface area contributed by atoms with E-state index in [-0.39, 0.29) is 18.4 Å². The van der Waals surface area contributed by atoms with Gasteiger partial charge in [-0.05, 0) is 43.9 Å². The molecule has 0 fully saturated rings. The first kappa shape index (κ1) is 13.4. The Morgan fingerprint density at radius 2 is 2.11 bits per heavy atom. The van der Waals surface area contributed by atoms with Crippen molar-refractivity contribution in [2.75, 3.05) is 17.7 Å². The molecule has 1 atom stereocenters. The number of nitrogens with one attached hydrogen (secondary N) is 1. The predicted octanol–water partition coefficient (Wildman–Crippen LogP) is 1.64. The van der Waals surface area contributed by atoms with Crippen molar-refractivity contribution in [1.82, 2.24) is 0 Å². The fourth-order valence-corrected chi connectivity index (χ4v) is 4.31. The third-order valence-corrected chi connectivity index (χ3v) is 5.09. The summed E-state index contributed by atoms with van der Waals surface area (Å²) in [6, 6.07) is 3.61. The molecule has 0 amide bonds. The van der Waals surface area contributed by atoms with Crippen LogP contribution < -0.4 is 5.32 Å². The van der Waals surface area contributed by atoms with Gasteiger partial charge in [0.25, 0.3) is 0 Å². The predicted molar refractivity (Wildman–Crippen MR) is 71.7 cm³/mol. The van der Waals surface area contributed by atoms with Crippen LogP contribution in [0.4, 0.5) is 5.69 Å². The van der Waals surface area contributed by atoms with Crippen LogP contribution in [0.25, 0.3) is 0 Å². The molecular formula is C13H19NO3S. The van der Waals surface area contributed by atoms with Gasteiger partial charge in [-0.15, -0.1) is 0 Å². The Kier molecular flexibility index (Phi) is 3.64. The molecule has 1 aliphatic rings. The van der Waals surface area contributed by atoms with Crippen LogP contribution in [0.2, 0.25) is 0 Å². The molecule has 1 unspecified atom stereocenters. The van der Waals surface area contributed by atoms with Crippen molar-refractivity contribution in [2.45, 2.75) is 37.6 Å². The van der Waals surface area contributed by atoms with Gasteiger partial charge in [0.05, 0.1) is 16.3 Å². The first-order valence-electron chi connectivity index (χ1n) is 6.15. The Morgan fingerprint density at radius 3 is 2.78 bits per heavy atom. The van der Waals surface area contributed by atoms with Crippen molar-refractivity contribution in [1.29, 1.82) is 0 Å². The van der Waals surface area contributed by atoms with E-state index >= 15 is 0 Å². The van der Waals surface area contributed by atoms with Crippen molar-refractivity contribution < 1.29 is 13.5 Å². The lowest BCUT2D eigenvalue weighted by molar-refractivity contribution is 0.282. The third-order valence-electron chi connectivity index (χ3n) is 3.26.